The van der Waals surface area contributed by atoms with E-state index in [1.807, 2.05) is 24.3 Å². The molecule has 34 heavy (non-hydrogen) atoms. The third-order valence-electron chi connectivity index (χ3n) is 5.27. The van der Waals surface area contributed by atoms with E-state index in [2.05, 4.69) is 17.2 Å². The number of hydrogen-bond acceptors (Lipinski definition) is 7. The number of nitrogens with zero attached hydrogens (tertiary/aromatic N) is 2. The molecular formula is C25H29N3O6. The van der Waals surface area contributed by atoms with Gasteiger partial charge in [-0.2, -0.15) is 0 Å². The number of ether oxygens (including phenoxy) is 3. The highest BCUT2D eigenvalue weighted by atomic mass is 16.5. The minimum absolute atomic E-state index is 0.0620. The van der Waals surface area contributed by atoms with Crippen LogP contribution in [0.3, 0.4) is 0 Å². The summed E-state index contributed by atoms with van der Waals surface area (Å²) >= 11 is 0. The first kappa shape index (κ1) is 24.8. The van der Waals surface area contributed by atoms with E-state index in [9.17, 15) is 14.4 Å². The Balaban J connectivity index is 1.59. The second kappa shape index (κ2) is 11.8. The van der Waals surface area contributed by atoms with Crippen LogP contribution in [0.25, 0.3) is 11.0 Å². The van der Waals surface area contributed by atoms with Crippen LogP contribution in [0.5, 0.6) is 11.5 Å². The fraction of sp³-hybridized carbons (Fsp3) is 0.360. The first-order valence-electron chi connectivity index (χ1n) is 11.1. The molecule has 1 heterocycles. The smallest absolute Gasteiger partial charge is 0.306 e. The number of benzene rings is 2. The van der Waals surface area contributed by atoms with E-state index in [1.54, 1.807) is 22.8 Å². The third-order valence-corrected chi connectivity index (χ3v) is 5.27. The van der Waals surface area contributed by atoms with Crippen molar-refractivity contribution in [2.45, 2.75) is 39.2 Å². The Hall–Kier alpha value is -3.88. The second-order valence-electron chi connectivity index (χ2n) is 7.63. The molecule has 0 aliphatic carbocycles. The summed E-state index contributed by atoms with van der Waals surface area (Å²) in [6, 6.07) is 12.4. The van der Waals surface area contributed by atoms with Crippen molar-refractivity contribution in [1.82, 2.24) is 9.55 Å². The number of aryl methyl sites for hydroxylation is 2. The van der Waals surface area contributed by atoms with Gasteiger partial charge in [-0.3, -0.25) is 14.4 Å². The monoisotopic (exact) mass is 467 g/mol. The maximum absolute atomic E-state index is 12.9. The van der Waals surface area contributed by atoms with Gasteiger partial charge in [0.05, 0.1) is 37.4 Å². The number of para-hydroxylation sites is 2. The van der Waals surface area contributed by atoms with Gasteiger partial charge in [0.2, 0.25) is 0 Å². The molecule has 9 heteroatoms. The van der Waals surface area contributed by atoms with Gasteiger partial charge in [0.1, 0.15) is 17.2 Å². The molecule has 0 aliphatic heterocycles. The highest BCUT2D eigenvalue weighted by Crippen LogP contribution is 2.28. The molecule has 2 aromatic carbocycles. The normalized spacial score (nSPS) is 10.7. The van der Waals surface area contributed by atoms with Crippen LogP contribution in [0.1, 0.15) is 31.9 Å². The summed E-state index contributed by atoms with van der Waals surface area (Å²) in [5.74, 6) is -0.105. The van der Waals surface area contributed by atoms with Gasteiger partial charge in [0.25, 0.3) is 11.5 Å². The number of amides is 1. The van der Waals surface area contributed by atoms with Crippen molar-refractivity contribution >= 4 is 28.6 Å². The Morgan fingerprint density at radius 2 is 1.88 bits per heavy atom. The minimum atomic E-state index is -0.591. The number of carbonyl (C=O) groups excluding carboxylic acids is 2. The SMILES string of the molecule is CCCCn1c(=O)c(CCC(=O)OCC(=O)Nc2ccc(OC)cc2OC)nc2ccccc21. The maximum atomic E-state index is 12.9. The van der Waals surface area contributed by atoms with Crippen LogP contribution in [-0.2, 0) is 27.3 Å². The number of anilines is 1. The zero-order valence-corrected chi connectivity index (χ0v) is 19.6. The van der Waals surface area contributed by atoms with Gasteiger partial charge in [-0.25, -0.2) is 4.98 Å². The number of fused-ring (bicyclic) bond motifs is 1. The molecule has 1 N–H and O–H groups in total. The predicted molar refractivity (Wildman–Crippen MR) is 128 cm³/mol. The lowest BCUT2D eigenvalue weighted by Crippen LogP contribution is -2.27. The van der Waals surface area contributed by atoms with E-state index >= 15 is 0 Å². The Morgan fingerprint density at radius 3 is 2.62 bits per heavy atom. The highest BCUT2D eigenvalue weighted by Gasteiger charge is 2.15. The average molecular weight is 468 g/mol. The Kier molecular flexibility index (Phi) is 8.61. The summed E-state index contributed by atoms with van der Waals surface area (Å²) in [4.78, 5) is 41.8. The van der Waals surface area contributed by atoms with Gasteiger partial charge in [-0.05, 0) is 30.7 Å². The van der Waals surface area contributed by atoms with Gasteiger partial charge < -0.3 is 24.1 Å². The number of methoxy groups -OCH3 is 2. The summed E-state index contributed by atoms with van der Waals surface area (Å²) in [5.41, 5.74) is 2.01. The topological polar surface area (TPSA) is 109 Å². The van der Waals surface area contributed by atoms with Gasteiger partial charge >= 0.3 is 5.97 Å². The quantitative estimate of drug-likeness (QED) is 0.431. The average Bonchev–Trinajstić information content (AvgIpc) is 2.86. The first-order valence-corrected chi connectivity index (χ1v) is 11.1. The summed E-state index contributed by atoms with van der Waals surface area (Å²) in [5, 5.41) is 2.64. The van der Waals surface area contributed by atoms with Crippen LogP contribution in [0, 0.1) is 0 Å². The molecule has 3 aromatic rings. The molecule has 0 unspecified atom stereocenters. The van der Waals surface area contributed by atoms with E-state index in [0.29, 0.717) is 34.9 Å². The van der Waals surface area contributed by atoms with E-state index in [1.165, 1.54) is 14.2 Å². The van der Waals surface area contributed by atoms with Crippen molar-refractivity contribution < 1.29 is 23.8 Å². The molecule has 180 valence electrons. The first-order chi connectivity index (χ1) is 16.5. The van der Waals surface area contributed by atoms with Crippen molar-refractivity contribution in [1.29, 1.82) is 0 Å². The number of esters is 1. The zero-order valence-electron chi connectivity index (χ0n) is 19.6. The molecule has 0 saturated carbocycles. The molecule has 1 aromatic heterocycles. The molecule has 0 atom stereocenters. The lowest BCUT2D eigenvalue weighted by molar-refractivity contribution is -0.147. The Bertz CT molecular complexity index is 1220. The summed E-state index contributed by atoms with van der Waals surface area (Å²) in [7, 11) is 3.00. The second-order valence-corrected chi connectivity index (χ2v) is 7.63. The Morgan fingerprint density at radius 1 is 1.09 bits per heavy atom. The zero-order chi connectivity index (χ0) is 24.5. The van der Waals surface area contributed by atoms with Crippen molar-refractivity contribution in [3.63, 3.8) is 0 Å². The van der Waals surface area contributed by atoms with Crippen LogP contribution in [0.2, 0.25) is 0 Å². The number of carbonyl (C=O) groups is 2. The molecule has 0 radical (unpaired) electrons. The van der Waals surface area contributed by atoms with Crippen molar-refractivity contribution in [3.05, 3.63) is 58.5 Å². The van der Waals surface area contributed by atoms with Crippen LogP contribution < -0.4 is 20.3 Å². The molecule has 0 fully saturated rings. The standard InChI is InChI=1S/C25H29N3O6/c1-4-5-14-28-21-9-7-6-8-18(21)26-20(25(28)31)12-13-24(30)34-16-23(29)27-19-11-10-17(32-2)15-22(19)33-3/h6-11,15H,4-5,12-14,16H2,1-3H3,(H,27,29). The van der Waals surface area contributed by atoms with Crippen molar-refractivity contribution in [3.8, 4) is 11.5 Å². The molecule has 0 bridgehead atoms. The predicted octanol–water partition coefficient (Wildman–Crippen LogP) is 3.33. The van der Waals surface area contributed by atoms with E-state index in [-0.39, 0.29) is 18.4 Å². The number of rotatable bonds is 11. The van der Waals surface area contributed by atoms with Crippen LogP contribution in [0.4, 0.5) is 5.69 Å². The molecule has 0 saturated heterocycles. The number of aromatic nitrogens is 2. The van der Waals surface area contributed by atoms with Crippen LogP contribution in [0.15, 0.2) is 47.3 Å². The number of nitrogens with one attached hydrogen (secondary N) is 1. The summed E-state index contributed by atoms with van der Waals surface area (Å²) < 4.78 is 17.2. The van der Waals surface area contributed by atoms with Gasteiger partial charge in [-0.15, -0.1) is 0 Å². The fourth-order valence-corrected chi connectivity index (χ4v) is 3.47. The van der Waals surface area contributed by atoms with Crippen LogP contribution >= 0.6 is 0 Å². The van der Waals surface area contributed by atoms with Crippen molar-refractivity contribution in [2.24, 2.45) is 0 Å². The molecule has 3 rings (SSSR count). The fourth-order valence-electron chi connectivity index (χ4n) is 3.47. The molecule has 1 amide bonds. The maximum Gasteiger partial charge on any atom is 0.306 e. The minimum Gasteiger partial charge on any atom is -0.497 e. The van der Waals surface area contributed by atoms with E-state index < -0.39 is 18.5 Å². The van der Waals surface area contributed by atoms with E-state index in [0.717, 1.165) is 18.4 Å². The van der Waals surface area contributed by atoms with Crippen LogP contribution in [-0.4, -0.2) is 42.3 Å². The third kappa shape index (κ3) is 6.12. The van der Waals surface area contributed by atoms with E-state index in [4.69, 9.17) is 14.2 Å². The summed E-state index contributed by atoms with van der Waals surface area (Å²) in [6.45, 7) is 2.19. The largest absolute Gasteiger partial charge is 0.497 e. The number of hydrogen-bond donors (Lipinski definition) is 1. The summed E-state index contributed by atoms with van der Waals surface area (Å²) in [6.07, 6.45) is 1.88. The van der Waals surface area contributed by atoms with Gasteiger partial charge in [0.15, 0.2) is 6.61 Å². The Labute approximate surface area is 197 Å². The number of unbranched alkanes of at least 4 members (excludes halogenated alkanes) is 1. The van der Waals surface area contributed by atoms with Gasteiger partial charge in [-0.1, -0.05) is 25.5 Å². The highest BCUT2D eigenvalue weighted by molar-refractivity contribution is 5.94. The molecule has 0 aliphatic rings. The van der Waals surface area contributed by atoms with Gasteiger partial charge in [0, 0.05) is 19.0 Å². The molecule has 9 nitrogen and oxygen atoms in total. The molecule has 0 spiro atoms. The van der Waals surface area contributed by atoms with Crippen molar-refractivity contribution in [2.75, 3.05) is 26.1 Å². The lowest BCUT2D eigenvalue weighted by atomic mass is 10.2. The molecular weight excluding hydrogens is 438 g/mol. The lowest BCUT2D eigenvalue weighted by Gasteiger charge is -2.12.